The first-order valence-corrected chi connectivity index (χ1v) is 9.12. The lowest BCUT2D eigenvalue weighted by Gasteiger charge is -2.13. The van der Waals surface area contributed by atoms with Crippen LogP contribution in [-0.2, 0) is 19.0 Å². The van der Waals surface area contributed by atoms with Crippen LogP contribution in [0.1, 0.15) is 18.1 Å². The molecule has 0 amide bonds. The van der Waals surface area contributed by atoms with Gasteiger partial charge in [0, 0.05) is 5.56 Å². The van der Waals surface area contributed by atoms with Gasteiger partial charge in [0.2, 0.25) is 5.90 Å². The molecule has 0 aliphatic carbocycles. The lowest BCUT2D eigenvalue weighted by atomic mass is 10.2. The van der Waals surface area contributed by atoms with Gasteiger partial charge in [-0.1, -0.05) is 35.9 Å². The van der Waals surface area contributed by atoms with E-state index in [-0.39, 0.29) is 23.6 Å². The van der Waals surface area contributed by atoms with Crippen LogP contribution in [0, 0.1) is 6.92 Å². The van der Waals surface area contributed by atoms with Gasteiger partial charge >= 0.3 is 0 Å². The first kappa shape index (κ1) is 16.7. The second kappa shape index (κ2) is 6.75. The highest BCUT2D eigenvalue weighted by molar-refractivity contribution is 7.86. The molecular formula is C18H19NO4S. The standard InChI is InChI=1S/C18H19NO4S/c1-13-8-10-16(11-9-13)24(20,21)22-12-17-14(2)23-18(19-17)15-6-4-3-5-7-15/h3-11,14,17H,12H2,1-2H3/t14-,17-/m1/s1. The van der Waals surface area contributed by atoms with E-state index in [4.69, 9.17) is 8.92 Å². The van der Waals surface area contributed by atoms with Gasteiger partial charge in [0.05, 0.1) is 11.5 Å². The van der Waals surface area contributed by atoms with E-state index in [2.05, 4.69) is 4.99 Å². The summed E-state index contributed by atoms with van der Waals surface area (Å²) in [6.07, 6.45) is -0.242. The molecule has 1 aliphatic heterocycles. The van der Waals surface area contributed by atoms with Crippen molar-refractivity contribution in [3.63, 3.8) is 0 Å². The van der Waals surface area contributed by atoms with E-state index < -0.39 is 10.1 Å². The number of aliphatic imine (C=N–C) groups is 1. The summed E-state index contributed by atoms with van der Waals surface area (Å²) in [4.78, 5) is 4.60. The summed E-state index contributed by atoms with van der Waals surface area (Å²) in [7, 11) is -3.79. The number of rotatable bonds is 5. The molecule has 2 aromatic rings. The first-order valence-electron chi connectivity index (χ1n) is 7.72. The van der Waals surface area contributed by atoms with Gasteiger partial charge in [0.25, 0.3) is 10.1 Å². The Bertz CT molecular complexity index is 829. The molecule has 0 bridgehead atoms. The van der Waals surface area contributed by atoms with Crippen molar-refractivity contribution in [3.05, 3.63) is 65.7 Å². The minimum Gasteiger partial charge on any atom is -0.472 e. The number of hydrogen-bond donors (Lipinski definition) is 0. The lowest BCUT2D eigenvalue weighted by molar-refractivity contribution is 0.176. The maximum Gasteiger partial charge on any atom is 0.297 e. The largest absolute Gasteiger partial charge is 0.472 e. The molecule has 0 unspecified atom stereocenters. The molecule has 0 aromatic heterocycles. The minimum atomic E-state index is -3.79. The minimum absolute atomic E-state index is 0.0479. The van der Waals surface area contributed by atoms with Crippen LogP contribution in [0.5, 0.6) is 0 Å². The highest BCUT2D eigenvalue weighted by Crippen LogP contribution is 2.20. The fraction of sp³-hybridized carbons (Fsp3) is 0.278. The van der Waals surface area contributed by atoms with Gasteiger partial charge in [0.15, 0.2) is 0 Å². The van der Waals surface area contributed by atoms with E-state index in [1.807, 2.05) is 44.2 Å². The van der Waals surface area contributed by atoms with Gasteiger partial charge in [0.1, 0.15) is 12.1 Å². The summed E-state index contributed by atoms with van der Waals surface area (Å²) in [6.45, 7) is 3.70. The fourth-order valence-corrected chi connectivity index (χ4v) is 3.29. The predicted molar refractivity (Wildman–Crippen MR) is 91.6 cm³/mol. The summed E-state index contributed by atoms with van der Waals surface area (Å²) < 4.78 is 35.4. The topological polar surface area (TPSA) is 65.0 Å². The van der Waals surface area contributed by atoms with Crippen LogP contribution in [0.15, 0.2) is 64.5 Å². The summed E-state index contributed by atoms with van der Waals surface area (Å²) in [5.74, 6) is 0.518. The van der Waals surface area contributed by atoms with Crippen molar-refractivity contribution in [2.45, 2.75) is 30.9 Å². The van der Waals surface area contributed by atoms with Crippen LogP contribution in [0.3, 0.4) is 0 Å². The number of benzene rings is 2. The molecule has 0 radical (unpaired) electrons. The Kier molecular flexibility index (Phi) is 4.69. The first-order chi connectivity index (χ1) is 11.5. The quantitative estimate of drug-likeness (QED) is 0.782. The third-order valence-electron chi connectivity index (χ3n) is 3.85. The van der Waals surface area contributed by atoms with Gasteiger partial charge in [-0.15, -0.1) is 0 Å². The summed E-state index contributed by atoms with van der Waals surface area (Å²) in [5.41, 5.74) is 1.86. The van der Waals surface area contributed by atoms with Crippen LogP contribution in [0.4, 0.5) is 0 Å². The third-order valence-corrected chi connectivity index (χ3v) is 5.14. The highest BCUT2D eigenvalue weighted by Gasteiger charge is 2.30. The molecule has 2 atom stereocenters. The molecule has 2 aromatic carbocycles. The van der Waals surface area contributed by atoms with Gasteiger partial charge in [-0.25, -0.2) is 4.99 Å². The Hall–Kier alpha value is -2.18. The average molecular weight is 345 g/mol. The zero-order valence-corrected chi connectivity index (χ0v) is 14.4. The van der Waals surface area contributed by atoms with Crippen molar-refractivity contribution in [2.75, 3.05) is 6.61 Å². The molecule has 1 aliphatic rings. The van der Waals surface area contributed by atoms with E-state index in [0.717, 1.165) is 11.1 Å². The summed E-state index contributed by atoms with van der Waals surface area (Å²) >= 11 is 0. The number of aryl methyl sites for hydroxylation is 1. The van der Waals surface area contributed by atoms with Crippen molar-refractivity contribution < 1.29 is 17.3 Å². The molecule has 1 heterocycles. The lowest BCUT2D eigenvalue weighted by Crippen LogP contribution is -2.25. The van der Waals surface area contributed by atoms with Crippen molar-refractivity contribution in [1.29, 1.82) is 0 Å². The smallest absolute Gasteiger partial charge is 0.297 e. The Labute approximate surface area is 142 Å². The molecular weight excluding hydrogens is 326 g/mol. The number of ether oxygens (including phenoxy) is 1. The van der Waals surface area contributed by atoms with E-state index in [1.165, 1.54) is 12.1 Å². The van der Waals surface area contributed by atoms with E-state index in [0.29, 0.717) is 5.90 Å². The Morgan fingerprint density at radius 1 is 1.08 bits per heavy atom. The van der Waals surface area contributed by atoms with Crippen LogP contribution >= 0.6 is 0 Å². The van der Waals surface area contributed by atoms with Gasteiger partial charge < -0.3 is 4.74 Å². The van der Waals surface area contributed by atoms with Gasteiger partial charge in [-0.2, -0.15) is 8.42 Å². The molecule has 5 nitrogen and oxygen atoms in total. The van der Waals surface area contributed by atoms with Crippen LogP contribution in [-0.4, -0.2) is 33.1 Å². The fourth-order valence-electron chi connectivity index (χ4n) is 2.37. The van der Waals surface area contributed by atoms with Gasteiger partial charge in [-0.3, -0.25) is 4.18 Å². The maximum atomic E-state index is 12.2. The van der Waals surface area contributed by atoms with Crippen LogP contribution in [0.25, 0.3) is 0 Å². The molecule has 0 fully saturated rings. The average Bonchev–Trinajstić information content (AvgIpc) is 2.95. The van der Waals surface area contributed by atoms with Crippen LogP contribution < -0.4 is 0 Å². The normalized spacial score (nSPS) is 20.5. The molecule has 0 saturated carbocycles. The van der Waals surface area contributed by atoms with E-state index in [1.54, 1.807) is 12.1 Å². The second-order valence-electron chi connectivity index (χ2n) is 5.74. The molecule has 0 saturated heterocycles. The van der Waals surface area contributed by atoms with Crippen molar-refractivity contribution >= 4 is 16.0 Å². The Morgan fingerprint density at radius 2 is 1.75 bits per heavy atom. The summed E-state index contributed by atoms with van der Waals surface area (Å²) in [5, 5.41) is 0. The monoisotopic (exact) mass is 345 g/mol. The van der Waals surface area contributed by atoms with Gasteiger partial charge in [-0.05, 0) is 38.1 Å². The molecule has 6 heteroatoms. The summed E-state index contributed by atoms with van der Waals surface area (Å²) in [6, 6.07) is 15.7. The van der Waals surface area contributed by atoms with Crippen molar-refractivity contribution in [1.82, 2.24) is 0 Å². The van der Waals surface area contributed by atoms with Crippen molar-refractivity contribution in [2.24, 2.45) is 4.99 Å². The molecule has 3 rings (SSSR count). The molecule has 0 N–H and O–H groups in total. The third kappa shape index (κ3) is 3.66. The predicted octanol–water partition coefficient (Wildman–Crippen LogP) is 2.93. The number of hydrogen-bond acceptors (Lipinski definition) is 5. The van der Waals surface area contributed by atoms with E-state index >= 15 is 0 Å². The van der Waals surface area contributed by atoms with E-state index in [9.17, 15) is 8.42 Å². The maximum absolute atomic E-state index is 12.2. The molecule has 0 spiro atoms. The number of nitrogens with zero attached hydrogens (tertiary/aromatic N) is 1. The zero-order valence-electron chi connectivity index (χ0n) is 13.5. The second-order valence-corrected chi connectivity index (χ2v) is 7.36. The zero-order chi connectivity index (χ0) is 17.2. The Balaban J connectivity index is 1.70. The molecule has 24 heavy (non-hydrogen) atoms. The highest BCUT2D eigenvalue weighted by atomic mass is 32.2. The SMILES string of the molecule is Cc1ccc(S(=O)(=O)OC[C@H]2N=C(c3ccccc3)O[C@@H]2C)cc1. The Morgan fingerprint density at radius 3 is 2.42 bits per heavy atom. The molecule has 126 valence electrons. The van der Waals surface area contributed by atoms with Crippen molar-refractivity contribution in [3.8, 4) is 0 Å². The van der Waals surface area contributed by atoms with Crippen LogP contribution in [0.2, 0.25) is 0 Å².